The Labute approximate surface area is 170 Å². The zero-order valence-corrected chi connectivity index (χ0v) is 17.0. The van der Waals surface area contributed by atoms with Crippen molar-refractivity contribution in [2.75, 3.05) is 6.61 Å². The van der Waals surface area contributed by atoms with E-state index in [9.17, 15) is 18.7 Å². The number of nitrogens with two attached hydrogens (primary N) is 1. The van der Waals surface area contributed by atoms with Crippen LogP contribution in [0, 0.1) is 25.5 Å². The molecule has 0 bridgehead atoms. The number of carbonyl (C=O) groups excluding carboxylic acids is 1. The third-order valence-corrected chi connectivity index (χ3v) is 5.35. The van der Waals surface area contributed by atoms with Gasteiger partial charge in [-0.05, 0) is 41.9 Å². The number of rotatable bonds is 6. The Morgan fingerprint density at radius 3 is 2.68 bits per heavy atom. The van der Waals surface area contributed by atoms with Gasteiger partial charge in [0.2, 0.25) is 5.89 Å². The van der Waals surface area contributed by atoms with Gasteiger partial charge in [-0.25, -0.2) is 18.7 Å². The van der Waals surface area contributed by atoms with Crippen molar-refractivity contribution in [3.05, 3.63) is 50.6 Å². The lowest BCUT2D eigenvalue weighted by Gasteiger charge is -2.15. The summed E-state index contributed by atoms with van der Waals surface area (Å²) >= 11 is 4.67. The molecule has 0 aliphatic heterocycles. The van der Waals surface area contributed by atoms with Crippen LogP contribution < -0.4 is 10.5 Å². The van der Waals surface area contributed by atoms with E-state index in [4.69, 9.17) is 14.9 Å². The zero-order chi connectivity index (χ0) is 20.6. The van der Waals surface area contributed by atoms with Gasteiger partial charge in [0.05, 0.1) is 22.2 Å². The normalized spacial score (nSPS) is 12.2. The lowest BCUT2D eigenvalue weighted by molar-refractivity contribution is 0.0880. The fourth-order valence-corrected chi connectivity index (χ4v) is 4.01. The number of nitrogens with zero attached hydrogens (tertiary/aromatic N) is 2. The van der Waals surface area contributed by atoms with Crippen LogP contribution in [-0.2, 0) is 0 Å². The second-order valence-corrected chi connectivity index (χ2v) is 7.63. The van der Waals surface area contributed by atoms with Gasteiger partial charge in [0.15, 0.2) is 22.3 Å². The van der Waals surface area contributed by atoms with Crippen molar-refractivity contribution in [1.29, 1.82) is 0 Å². The summed E-state index contributed by atoms with van der Waals surface area (Å²) in [6.45, 7) is 3.05. The monoisotopic (exact) mass is 473 g/mol. The maximum Gasteiger partial charge on any atom is 0.254 e. The number of amides is 1. The Morgan fingerprint density at radius 1 is 1.39 bits per heavy atom. The first-order chi connectivity index (χ1) is 13.2. The molecule has 0 fully saturated rings. The molecule has 0 saturated heterocycles. The first-order valence-corrected chi connectivity index (χ1v) is 9.49. The number of aromatic nitrogens is 2. The molecule has 3 aromatic rings. The van der Waals surface area contributed by atoms with Crippen LogP contribution >= 0.6 is 27.3 Å². The molecule has 2 heterocycles. The van der Waals surface area contributed by atoms with E-state index < -0.39 is 41.6 Å². The molecule has 148 valence electrons. The number of hydrogen-bond donors (Lipinski definition) is 2. The standard InChI is InChI=1S/C17H14BrF2N3O4S/c1-6-14(28-7(2)22-6)13-15(18)27-17(23-13)10(5-24)26-9-4-3-8(19)11(12(9)20)16(21)25/h3-4,10,24H,5H2,1-2H3,(H2,21,25). The summed E-state index contributed by atoms with van der Waals surface area (Å²) in [5, 5.41) is 10.5. The minimum absolute atomic E-state index is 0.0424. The first kappa shape index (κ1) is 20.4. The number of aryl methyl sites for hydroxylation is 2. The molecular formula is C17H14BrF2N3O4S. The van der Waals surface area contributed by atoms with Gasteiger partial charge in [0.25, 0.3) is 5.91 Å². The molecule has 1 unspecified atom stereocenters. The van der Waals surface area contributed by atoms with Crippen LogP contribution in [0.2, 0.25) is 0 Å². The molecule has 1 aromatic carbocycles. The van der Waals surface area contributed by atoms with Crippen molar-refractivity contribution in [2.24, 2.45) is 5.73 Å². The van der Waals surface area contributed by atoms with Crippen molar-refractivity contribution >= 4 is 33.2 Å². The van der Waals surface area contributed by atoms with E-state index >= 15 is 0 Å². The molecule has 0 aliphatic carbocycles. The Balaban J connectivity index is 1.96. The predicted molar refractivity (Wildman–Crippen MR) is 100 cm³/mol. The van der Waals surface area contributed by atoms with Crippen LogP contribution in [-0.4, -0.2) is 27.6 Å². The average Bonchev–Trinajstić information content (AvgIpc) is 3.15. The summed E-state index contributed by atoms with van der Waals surface area (Å²) in [4.78, 5) is 20.7. The maximum absolute atomic E-state index is 14.4. The SMILES string of the molecule is Cc1nc(C)c(-c2nc(C(CO)Oc3ccc(F)c(C(N)=O)c3F)oc2Br)s1. The highest BCUT2D eigenvalue weighted by atomic mass is 79.9. The zero-order valence-electron chi connectivity index (χ0n) is 14.6. The Kier molecular flexibility index (Phi) is 5.77. The predicted octanol–water partition coefficient (Wildman–Crippen LogP) is 3.67. The number of ether oxygens (including phenoxy) is 1. The number of hydrogen-bond acceptors (Lipinski definition) is 7. The molecule has 3 rings (SSSR count). The van der Waals surface area contributed by atoms with Gasteiger partial charge in [-0.1, -0.05) is 0 Å². The van der Waals surface area contributed by atoms with E-state index in [1.54, 1.807) is 0 Å². The molecule has 11 heteroatoms. The molecule has 0 radical (unpaired) electrons. The second kappa shape index (κ2) is 7.94. The average molecular weight is 474 g/mol. The van der Waals surface area contributed by atoms with Crippen molar-refractivity contribution in [2.45, 2.75) is 20.0 Å². The quantitative estimate of drug-likeness (QED) is 0.564. The van der Waals surface area contributed by atoms with E-state index in [2.05, 4.69) is 25.9 Å². The fraction of sp³-hybridized carbons (Fsp3) is 0.235. The fourth-order valence-electron chi connectivity index (χ4n) is 2.52. The van der Waals surface area contributed by atoms with E-state index in [1.165, 1.54) is 11.3 Å². The number of thiazole rings is 1. The molecule has 3 N–H and O–H groups in total. The van der Waals surface area contributed by atoms with E-state index in [1.807, 2.05) is 13.8 Å². The van der Waals surface area contributed by atoms with E-state index in [-0.39, 0.29) is 10.6 Å². The number of carbonyl (C=O) groups is 1. The third-order valence-electron chi connectivity index (χ3n) is 3.73. The highest BCUT2D eigenvalue weighted by Gasteiger charge is 2.27. The van der Waals surface area contributed by atoms with Crippen LogP contribution in [0.4, 0.5) is 8.78 Å². The topological polar surface area (TPSA) is 111 Å². The van der Waals surface area contributed by atoms with Crippen LogP contribution in [0.25, 0.3) is 10.6 Å². The molecule has 0 aliphatic rings. The third kappa shape index (κ3) is 3.77. The van der Waals surface area contributed by atoms with Crippen LogP contribution in [0.15, 0.2) is 21.2 Å². The summed E-state index contributed by atoms with van der Waals surface area (Å²) in [6, 6.07) is 1.82. The Bertz CT molecular complexity index is 1050. The van der Waals surface area contributed by atoms with E-state index in [0.717, 1.165) is 27.7 Å². The molecular weight excluding hydrogens is 460 g/mol. The molecule has 7 nitrogen and oxygen atoms in total. The summed E-state index contributed by atoms with van der Waals surface area (Å²) in [5.41, 5.74) is 5.27. The van der Waals surface area contributed by atoms with E-state index in [0.29, 0.717) is 5.69 Å². The number of oxazole rings is 1. The van der Waals surface area contributed by atoms with Crippen molar-refractivity contribution in [1.82, 2.24) is 9.97 Å². The Morgan fingerprint density at radius 2 is 2.11 bits per heavy atom. The van der Waals surface area contributed by atoms with Gasteiger partial charge < -0.3 is 20.0 Å². The largest absolute Gasteiger partial charge is 0.475 e. The number of aliphatic hydroxyl groups is 1. The molecule has 1 atom stereocenters. The number of primary amides is 1. The van der Waals surface area contributed by atoms with Crippen LogP contribution in [0.1, 0.15) is 33.1 Å². The van der Waals surface area contributed by atoms with Gasteiger partial charge in [-0.2, -0.15) is 0 Å². The number of halogens is 3. The summed E-state index contributed by atoms with van der Waals surface area (Å²) in [7, 11) is 0. The summed E-state index contributed by atoms with van der Waals surface area (Å²) in [6.07, 6.45) is -1.21. The molecule has 2 aromatic heterocycles. The summed E-state index contributed by atoms with van der Waals surface area (Å²) in [5.74, 6) is -4.19. The molecule has 0 saturated carbocycles. The lowest BCUT2D eigenvalue weighted by atomic mass is 10.1. The van der Waals surface area contributed by atoms with Crippen molar-refractivity contribution < 1.29 is 27.8 Å². The van der Waals surface area contributed by atoms with Crippen molar-refractivity contribution in [3.8, 4) is 16.3 Å². The smallest absolute Gasteiger partial charge is 0.254 e. The Hall–Kier alpha value is -2.37. The number of aliphatic hydroxyl groups excluding tert-OH is 1. The van der Waals surface area contributed by atoms with Gasteiger partial charge >= 0.3 is 0 Å². The van der Waals surface area contributed by atoms with Gasteiger partial charge in [-0.3, -0.25) is 4.79 Å². The molecule has 28 heavy (non-hydrogen) atoms. The summed E-state index contributed by atoms with van der Waals surface area (Å²) < 4.78 is 39.2. The van der Waals surface area contributed by atoms with Gasteiger partial charge in [0, 0.05) is 0 Å². The lowest BCUT2D eigenvalue weighted by Crippen LogP contribution is -2.18. The second-order valence-electron chi connectivity index (χ2n) is 5.71. The first-order valence-electron chi connectivity index (χ1n) is 7.88. The highest BCUT2D eigenvalue weighted by molar-refractivity contribution is 9.10. The minimum Gasteiger partial charge on any atom is -0.475 e. The van der Waals surface area contributed by atoms with Gasteiger partial charge in [-0.15, -0.1) is 11.3 Å². The van der Waals surface area contributed by atoms with Crippen LogP contribution in [0.5, 0.6) is 5.75 Å². The van der Waals surface area contributed by atoms with Crippen LogP contribution in [0.3, 0.4) is 0 Å². The molecule has 1 amide bonds. The number of benzene rings is 1. The van der Waals surface area contributed by atoms with Gasteiger partial charge in [0.1, 0.15) is 17.1 Å². The molecule has 0 spiro atoms. The highest BCUT2D eigenvalue weighted by Crippen LogP contribution is 2.37. The minimum atomic E-state index is -1.28. The maximum atomic E-state index is 14.4. The van der Waals surface area contributed by atoms with Crippen molar-refractivity contribution in [3.63, 3.8) is 0 Å².